The third kappa shape index (κ3) is 3.70. The highest BCUT2D eigenvalue weighted by Crippen LogP contribution is 2.25. The van der Waals surface area contributed by atoms with Gasteiger partial charge in [-0.15, -0.1) is 0 Å². The van der Waals surface area contributed by atoms with Crippen LogP contribution in [0.5, 0.6) is 5.75 Å². The van der Waals surface area contributed by atoms with Crippen molar-refractivity contribution >= 4 is 5.91 Å². The Kier molecular flexibility index (Phi) is 4.60. The Morgan fingerprint density at radius 3 is 2.39 bits per heavy atom. The zero-order chi connectivity index (χ0) is 16.2. The number of carbonyl (C=O) groups is 1. The molecule has 1 amide bonds. The van der Waals surface area contributed by atoms with E-state index in [1.165, 1.54) is 0 Å². The summed E-state index contributed by atoms with van der Waals surface area (Å²) in [4.78, 5) is 11.0. The Morgan fingerprint density at radius 1 is 1.13 bits per heavy atom. The fraction of sp³-hybridized carbons (Fsp3) is 0.222. The van der Waals surface area contributed by atoms with Crippen LogP contribution in [0.4, 0.5) is 0 Å². The van der Waals surface area contributed by atoms with E-state index in [9.17, 15) is 9.90 Å². The second kappa shape index (κ2) is 6.81. The minimum Gasteiger partial charge on any atom is -0.488 e. The lowest BCUT2D eigenvalue weighted by Crippen LogP contribution is -2.28. The van der Waals surface area contributed by atoms with Crippen LogP contribution in [-0.2, 0) is 9.53 Å². The monoisotopic (exact) mass is 312 g/mol. The van der Waals surface area contributed by atoms with Crippen molar-refractivity contribution in [2.75, 3.05) is 6.61 Å². The molecule has 1 aliphatic rings. The molecular formula is C18H18NO4. The van der Waals surface area contributed by atoms with Gasteiger partial charge in [0.2, 0.25) is 5.91 Å². The van der Waals surface area contributed by atoms with Gasteiger partial charge in [0.05, 0.1) is 6.61 Å². The van der Waals surface area contributed by atoms with Crippen LogP contribution >= 0.6 is 0 Å². The lowest BCUT2D eigenvalue weighted by molar-refractivity contribution is -0.125. The van der Waals surface area contributed by atoms with E-state index in [2.05, 4.69) is 0 Å². The number of benzene rings is 2. The van der Waals surface area contributed by atoms with Crippen molar-refractivity contribution in [1.29, 1.82) is 0 Å². The summed E-state index contributed by atoms with van der Waals surface area (Å²) in [5.74, 6) is 0.126. The molecule has 3 rings (SSSR count). The van der Waals surface area contributed by atoms with Gasteiger partial charge in [0.1, 0.15) is 24.1 Å². The molecule has 0 aromatic heterocycles. The molecule has 1 heterocycles. The van der Waals surface area contributed by atoms with E-state index < -0.39 is 18.1 Å². The normalized spacial score (nSPS) is 21.8. The maximum Gasteiger partial charge on any atom is 0.247 e. The minimum atomic E-state index is -0.695. The van der Waals surface area contributed by atoms with Gasteiger partial charge in [-0.05, 0) is 23.3 Å². The average Bonchev–Trinajstić information content (AvgIpc) is 3.04. The maximum absolute atomic E-state index is 11.0. The van der Waals surface area contributed by atoms with Crippen molar-refractivity contribution < 1.29 is 19.4 Å². The molecule has 2 aromatic carbocycles. The first-order valence-corrected chi connectivity index (χ1v) is 7.39. The second-order valence-electron chi connectivity index (χ2n) is 5.39. The summed E-state index contributed by atoms with van der Waals surface area (Å²) in [7, 11) is 0. The minimum absolute atomic E-state index is 0.294. The summed E-state index contributed by atoms with van der Waals surface area (Å²) >= 11 is 0. The largest absolute Gasteiger partial charge is 0.488 e. The Bertz CT molecular complexity index is 656. The number of hydrogen-bond donors (Lipinski definition) is 2. The molecular weight excluding hydrogens is 294 g/mol. The van der Waals surface area contributed by atoms with Crippen molar-refractivity contribution in [2.45, 2.75) is 18.3 Å². The number of rotatable bonds is 5. The molecule has 0 saturated carbocycles. The standard InChI is InChI=1S/C18H18NO4/c19-18(21)16-10-15(11-22-16)23-14-8-6-13(7-9-14)17(20)12-4-2-1-3-5-12/h1-10,15-17,20H,11H2,(H2,19,21). The molecule has 0 bridgehead atoms. The lowest BCUT2D eigenvalue weighted by atomic mass is 10.0. The van der Waals surface area contributed by atoms with Crippen molar-refractivity contribution in [3.63, 3.8) is 0 Å². The number of primary amides is 1. The zero-order valence-corrected chi connectivity index (χ0v) is 12.5. The van der Waals surface area contributed by atoms with Crippen LogP contribution < -0.4 is 10.5 Å². The van der Waals surface area contributed by atoms with Crippen molar-refractivity contribution in [1.82, 2.24) is 0 Å². The molecule has 0 aliphatic carbocycles. The predicted molar refractivity (Wildman–Crippen MR) is 84.6 cm³/mol. The number of amides is 1. The third-order valence-electron chi connectivity index (χ3n) is 3.71. The third-order valence-corrected chi connectivity index (χ3v) is 3.71. The quantitative estimate of drug-likeness (QED) is 0.878. The first-order valence-electron chi connectivity index (χ1n) is 7.39. The molecule has 5 heteroatoms. The molecule has 0 spiro atoms. The second-order valence-corrected chi connectivity index (χ2v) is 5.39. The van der Waals surface area contributed by atoms with E-state index in [4.69, 9.17) is 15.2 Å². The zero-order valence-electron chi connectivity index (χ0n) is 12.5. The molecule has 1 saturated heterocycles. The number of aliphatic hydroxyl groups excluding tert-OH is 1. The number of carbonyl (C=O) groups excluding carboxylic acids is 1. The highest BCUT2D eigenvalue weighted by Gasteiger charge is 2.31. The maximum atomic E-state index is 11.0. The average molecular weight is 312 g/mol. The summed E-state index contributed by atoms with van der Waals surface area (Å²) in [6.45, 7) is 0.294. The van der Waals surface area contributed by atoms with Gasteiger partial charge < -0.3 is 20.3 Å². The van der Waals surface area contributed by atoms with Gasteiger partial charge in [0, 0.05) is 6.42 Å². The Hall–Kier alpha value is -2.37. The van der Waals surface area contributed by atoms with E-state index in [0.29, 0.717) is 12.4 Å². The van der Waals surface area contributed by atoms with Crippen LogP contribution in [0.25, 0.3) is 0 Å². The van der Waals surface area contributed by atoms with Crippen LogP contribution in [-0.4, -0.2) is 29.8 Å². The van der Waals surface area contributed by atoms with Gasteiger partial charge in [-0.1, -0.05) is 42.5 Å². The summed E-state index contributed by atoms with van der Waals surface area (Å²) in [6, 6.07) is 16.6. The fourth-order valence-electron chi connectivity index (χ4n) is 2.49. The molecule has 1 aliphatic heterocycles. The van der Waals surface area contributed by atoms with Crippen molar-refractivity contribution in [2.24, 2.45) is 5.73 Å². The van der Waals surface area contributed by atoms with E-state index in [0.717, 1.165) is 11.1 Å². The summed E-state index contributed by atoms with van der Waals surface area (Å²) in [5.41, 5.74) is 6.80. The highest BCUT2D eigenvalue weighted by atomic mass is 16.6. The Labute approximate surface area is 134 Å². The number of aliphatic hydroxyl groups is 1. The topological polar surface area (TPSA) is 81.8 Å². The van der Waals surface area contributed by atoms with E-state index in [1.807, 2.05) is 42.5 Å². The van der Waals surface area contributed by atoms with Crippen LogP contribution in [0.15, 0.2) is 54.6 Å². The fourth-order valence-corrected chi connectivity index (χ4v) is 2.49. The van der Waals surface area contributed by atoms with Gasteiger partial charge in [-0.25, -0.2) is 0 Å². The number of ether oxygens (including phenoxy) is 2. The molecule has 3 unspecified atom stereocenters. The molecule has 1 radical (unpaired) electrons. The highest BCUT2D eigenvalue weighted by molar-refractivity contribution is 5.80. The van der Waals surface area contributed by atoms with Gasteiger partial charge in [-0.2, -0.15) is 0 Å². The van der Waals surface area contributed by atoms with Crippen LogP contribution in [0, 0.1) is 6.42 Å². The summed E-state index contributed by atoms with van der Waals surface area (Å²) in [5, 5.41) is 10.3. The van der Waals surface area contributed by atoms with Crippen molar-refractivity contribution in [3.05, 3.63) is 72.1 Å². The first-order chi connectivity index (χ1) is 11.1. The van der Waals surface area contributed by atoms with Crippen LogP contribution in [0.2, 0.25) is 0 Å². The molecule has 3 atom stereocenters. The van der Waals surface area contributed by atoms with Gasteiger partial charge in [0.25, 0.3) is 0 Å². The van der Waals surface area contributed by atoms with Crippen molar-refractivity contribution in [3.8, 4) is 5.75 Å². The van der Waals surface area contributed by atoms with Gasteiger partial charge in [-0.3, -0.25) is 4.79 Å². The summed E-state index contributed by atoms with van der Waals surface area (Å²) < 4.78 is 11.0. The van der Waals surface area contributed by atoms with Crippen LogP contribution in [0.3, 0.4) is 0 Å². The molecule has 1 fully saturated rings. The van der Waals surface area contributed by atoms with E-state index >= 15 is 0 Å². The Balaban J connectivity index is 1.63. The lowest BCUT2D eigenvalue weighted by Gasteiger charge is -2.14. The SMILES string of the molecule is NC(=O)C1[CH]C(Oc2ccc(C(O)c3ccccc3)cc2)CO1. The molecule has 2 aromatic rings. The Morgan fingerprint density at radius 2 is 1.78 bits per heavy atom. The molecule has 119 valence electrons. The van der Waals surface area contributed by atoms with E-state index in [1.54, 1.807) is 18.6 Å². The summed E-state index contributed by atoms with van der Waals surface area (Å²) in [6.07, 6.45) is -0.0304. The predicted octanol–water partition coefficient (Wildman–Crippen LogP) is 1.60. The molecule has 23 heavy (non-hydrogen) atoms. The van der Waals surface area contributed by atoms with Crippen LogP contribution in [0.1, 0.15) is 17.2 Å². The smallest absolute Gasteiger partial charge is 0.247 e. The van der Waals surface area contributed by atoms with Gasteiger partial charge >= 0.3 is 0 Å². The molecule has 3 N–H and O–H groups in total. The van der Waals surface area contributed by atoms with Gasteiger partial charge in [0.15, 0.2) is 0 Å². The first kappa shape index (κ1) is 15.5. The molecule has 5 nitrogen and oxygen atoms in total. The number of nitrogens with two attached hydrogens (primary N) is 1. The number of hydrogen-bond acceptors (Lipinski definition) is 4. The van der Waals surface area contributed by atoms with E-state index in [-0.39, 0.29) is 6.10 Å².